The molecule has 0 bridgehead atoms. The van der Waals surface area contributed by atoms with Gasteiger partial charge in [-0.25, -0.2) is 4.79 Å². The minimum Gasteiger partial charge on any atom is -0.480 e. The fourth-order valence-corrected chi connectivity index (χ4v) is 1.60. The predicted molar refractivity (Wildman–Crippen MR) is 61.9 cm³/mol. The third-order valence-electron chi connectivity index (χ3n) is 2.55. The fraction of sp³-hybridized carbons (Fsp3) is 0.818. The fourth-order valence-electron chi connectivity index (χ4n) is 1.60. The standard InChI is InChI=1S/C11H22N2O3/c1-3-4-8(2)5-6-9(11(15)16)13-10(14)7-12/h8-9H,3-7,12H2,1-2H3,(H,13,14)(H,15,16). The molecule has 5 heteroatoms. The Hall–Kier alpha value is -1.10. The summed E-state index contributed by atoms with van der Waals surface area (Å²) in [7, 11) is 0. The molecule has 0 aliphatic heterocycles. The van der Waals surface area contributed by atoms with Crippen molar-refractivity contribution in [2.75, 3.05) is 6.54 Å². The molecule has 0 saturated heterocycles. The summed E-state index contributed by atoms with van der Waals surface area (Å²) in [5.41, 5.74) is 5.12. The van der Waals surface area contributed by atoms with Gasteiger partial charge in [0.15, 0.2) is 0 Å². The van der Waals surface area contributed by atoms with Crippen LogP contribution < -0.4 is 11.1 Å². The molecular formula is C11H22N2O3. The van der Waals surface area contributed by atoms with E-state index in [9.17, 15) is 9.59 Å². The third-order valence-corrected chi connectivity index (χ3v) is 2.55. The summed E-state index contributed by atoms with van der Waals surface area (Å²) in [4.78, 5) is 21.9. The molecule has 0 rings (SSSR count). The maximum atomic E-state index is 11.0. The first-order chi connectivity index (χ1) is 7.51. The van der Waals surface area contributed by atoms with Gasteiger partial charge in [0, 0.05) is 0 Å². The van der Waals surface area contributed by atoms with Crippen molar-refractivity contribution < 1.29 is 14.7 Å². The third kappa shape index (κ3) is 6.40. The van der Waals surface area contributed by atoms with Gasteiger partial charge in [-0.2, -0.15) is 0 Å². The Morgan fingerprint density at radius 3 is 2.38 bits per heavy atom. The van der Waals surface area contributed by atoms with Gasteiger partial charge in [0.05, 0.1) is 6.54 Å². The molecule has 0 aromatic heterocycles. The molecule has 0 aromatic rings. The predicted octanol–water partition coefficient (Wildman–Crippen LogP) is 0.731. The van der Waals surface area contributed by atoms with Gasteiger partial charge in [0.1, 0.15) is 6.04 Å². The summed E-state index contributed by atoms with van der Waals surface area (Å²) >= 11 is 0. The SMILES string of the molecule is CCCC(C)CCC(NC(=O)CN)C(=O)O. The van der Waals surface area contributed by atoms with Gasteiger partial charge in [-0.15, -0.1) is 0 Å². The number of carboxylic acid groups (broad SMARTS) is 1. The summed E-state index contributed by atoms with van der Waals surface area (Å²) in [6, 6.07) is -0.810. The van der Waals surface area contributed by atoms with Crippen molar-refractivity contribution in [2.45, 2.75) is 45.6 Å². The lowest BCUT2D eigenvalue weighted by molar-refractivity contribution is -0.141. The van der Waals surface area contributed by atoms with E-state index in [1.54, 1.807) is 0 Å². The van der Waals surface area contributed by atoms with Gasteiger partial charge >= 0.3 is 5.97 Å². The molecule has 0 aromatic carbocycles. The van der Waals surface area contributed by atoms with E-state index in [2.05, 4.69) is 19.2 Å². The number of nitrogens with one attached hydrogen (secondary N) is 1. The largest absolute Gasteiger partial charge is 0.480 e. The van der Waals surface area contributed by atoms with Crippen LogP contribution in [0.5, 0.6) is 0 Å². The van der Waals surface area contributed by atoms with Gasteiger partial charge in [0.2, 0.25) is 5.91 Å². The van der Waals surface area contributed by atoms with Gasteiger partial charge in [-0.3, -0.25) is 4.79 Å². The van der Waals surface area contributed by atoms with Gasteiger partial charge in [0.25, 0.3) is 0 Å². The van der Waals surface area contributed by atoms with E-state index in [1.807, 2.05) is 0 Å². The average molecular weight is 230 g/mol. The Morgan fingerprint density at radius 2 is 1.94 bits per heavy atom. The molecule has 0 aliphatic rings. The molecule has 0 fully saturated rings. The number of nitrogens with two attached hydrogens (primary N) is 1. The Bertz CT molecular complexity index is 231. The van der Waals surface area contributed by atoms with E-state index < -0.39 is 17.9 Å². The molecule has 0 aliphatic carbocycles. The van der Waals surface area contributed by atoms with E-state index in [1.165, 1.54) is 0 Å². The van der Waals surface area contributed by atoms with Crippen molar-refractivity contribution in [1.82, 2.24) is 5.32 Å². The molecule has 1 amide bonds. The second kappa shape index (κ2) is 8.10. The summed E-state index contributed by atoms with van der Waals surface area (Å²) in [6.07, 6.45) is 3.43. The van der Waals surface area contributed by atoms with Crippen molar-refractivity contribution in [3.8, 4) is 0 Å². The Labute approximate surface area is 96.4 Å². The first-order valence-electron chi connectivity index (χ1n) is 5.73. The minimum absolute atomic E-state index is 0.172. The molecule has 0 radical (unpaired) electrons. The van der Waals surface area contributed by atoms with Crippen molar-refractivity contribution in [1.29, 1.82) is 0 Å². The highest BCUT2D eigenvalue weighted by Gasteiger charge is 2.19. The highest BCUT2D eigenvalue weighted by molar-refractivity contribution is 5.84. The average Bonchev–Trinajstić information content (AvgIpc) is 2.23. The highest BCUT2D eigenvalue weighted by atomic mass is 16.4. The molecule has 4 N–H and O–H groups in total. The van der Waals surface area contributed by atoms with Crippen LogP contribution in [-0.4, -0.2) is 29.6 Å². The Morgan fingerprint density at radius 1 is 1.31 bits per heavy atom. The molecular weight excluding hydrogens is 208 g/mol. The number of carbonyl (C=O) groups is 2. The minimum atomic E-state index is -0.995. The molecule has 5 nitrogen and oxygen atoms in total. The van der Waals surface area contributed by atoms with E-state index in [0.29, 0.717) is 12.3 Å². The maximum absolute atomic E-state index is 11.0. The van der Waals surface area contributed by atoms with Crippen LogP contribution in [0.4, 0.5) is 0 Å². The first-order valence-corrected chi connectivity index (χ1v) is 5.73. The number of aliphatic carboxylic acids is 1. The number of amides is 1. The normalized spacial score (nSPS) is 14.2. The van der Waals surface area contributed by atoms with Crippen molar-refractivity contribution >= 4 is 11.9 Å². The summed E-state index contributed by atoms with van der Waals surface area (Å²) in [5, 5.41) is 11.3. The summed E-state index contributed by atoms with van der Waals surface area (Å²) in [6.45, 7) is 4.02. The van der Waals surface area contributed by atoms with Gasteiger partial charge in [-0.1, -0.05) is 26.7 Å². The molecule has 0 heterocycles. The first kappa shape index (κ1) is 14.9. The molecule has 0 spiro atoms. The van der Waals surface area contributed by atoms with Crippen molar-refractivity contribution in [2.24, 2.45) is 11.7 Å². The zero-order valence-electron chi connectivity index (χ0n) is 10.0. The van der Waals surface area contributed by atoms with E-state index in [4.69, 9.17) is 10.8 Å². The van der Waals surface area contributed by atoms with Crippen LogP contribution in [0.1, 0.15) is 39.5 Å². The number of carboxylic acids is 1. The van der Waals surface area contributed by atoms with Crippen LogP contribution in [-0.2, 0) is 9.59 Å². The molecule has 2 unspecified atom stereocenters. The smallest absolute Gasteiger partial charge is 0.326 e. The second-order valence-electron chi connectivity index (χ2n) is 4.13. The van der Waals surface area contributed by atoms with Crippen LogP contribution in [0, 0.1) is 5.92 Å². The van der Waals surface area contributed by atoms with E-state index in [0.717, 1.165) is 19.3 Å². The molecule has 0 saturated carbocycles. The van der Waals surface area contributed by atoms with Crippen LogP contribution >= 0.6 is 0 Å². The lowest BCUT2D eigenvalue weighted by Crippen LogP contribution is -2.43. The zero-order valence-corrected chi connectivity index (χ0v) is 10.0. The number of carbonyl (C=O) groups excluding carboxylic acids is 1. The number of hydrogen-bond donors (Lipinski definition) is 3. The maximum Gasteiger partial charge on any atom is 0.326 e. The molecule has 2 atom stereocenters. The topological polar surface area (TPSA) is 92.4 Å². The van der Waals surface area contributed by atoms with E-state index in [-0.39, 0.29) is 6.54 Å². The van der Waals surface area contributed by atoms with Crippen LogP contribution in [0.25, 0.3) is 0 Å². The van der Waals surface area contributed by atoms with Crippen molar-refractivity contribution in [3.05, 3.63) is 0 Å². The monoisotopic (exact) mass is 230 g/mol. The molecule has 94 valence electrons. The van der Waals surface area contributed by atoms with Gasteiger partial charge < -0.3 is 16.2 Å². The quantitative estimate of drug-likeness (QED) is 0.573. The summed E-state index contributed by atoms with van der Waals surface area (Å²) < 4.78 is 0. The van der Waals surface area contributed by atoms with Gasteiger partial charge in [-0.05, 0) is 18.8 Å². The van der Waals surface area contributed by atoms with Crippen LogP contribution in [0.15, 0.2) is 0 Å². The Balaban J connectivity index is 4.04. The second-order valence-corrected chi connectivity index (χ2v) is 4.13. The highest BCUT2D eigenvalue weighted by Crippen LogP contribution is 2.13. The van der Waals surface area contributed by atoms with Crippen molar-refractivity contribution in [3.63, 3.8) is 0 Å². The lowest BCUT2D eigenvalue weighted by Gasteiger charge is -2.16. The lowest BCUT2D eigenvalue weighted by atomic mass is 9.97. The van der Waals surface area contributed by atoms with E-state index >= 15 is 0 Å². The Kier molecular flexibility index (Phi) is 7.54. The van der Waals surface area contributed by atoms with Crippen LogP contribution in [0.2, 0.25) is 0 Å². The number of hydrogen-bond acceptors (Lipinski definition) is 3. The van der Waals surface area contributed by atoms with Crippen LogP contribution in [0.3, 0.4) is 0 Å². The number of rotatable bonds is 8. The zero-order chi connectivity index (χ0) is 12.6. The molecule has 16 heavy (non-hydrogen) atoms. The summed E-state index contributed by atoms with van der Waals surface area (Å²) in [5.74, 6) is -0.928.